The summed E-state index contributed by atoms with van der Waals surface area (Å²) >= 11 is 0. The number of hydrogen-bond donors (Lipinski definition) is 2. The number of aromatic nitrogens is 1. The first-order chi connectivity index (χ1) is 13.2. The molecule has 1 aromatic carbocycles. The van der Waals surface area contributed by atoms with Gasteiger partial charge in [0.25, 0.3) is 0 Å². The number of piperidine rings is 1. The van der Waals surface area contributed by atoms with Crippen LogP contribution in [0.2, 0.25) is 0 Å². The molecule has 1 saturated heterocycles. The predicted octanol–water partition coefficient (Wildman–Crippen LogP) is 3.73. The molecule has 2 heterocycles. The molecular weight excluding hydrogens is 461 g/mol. The Morgan fingerprint density at radius 2 is 1.89 bits per heavy atom. The zero-order valence-electron chi connectivity index (χ0n) is 16.9. The molecule has 6 heteroatoms. The summed E-state index contributed by atoms with van der Waals surface area (Å²) in [6, 6.07) is 15.3. The summed E-state index contributed by atoms with van der Waals surface area (Å²) in [4.78, 5) is 11.7. The van der Waals surface area contributed by atoms with Gasteiger partial charge in [-0.15, -0.1) is 24.0 Å². The van der Waals surface area contributed by atoms with Gasteiger partial charge >= 0.3 is 0 Å². The molecule has 0 radical (unpaired) electrons. The van der Waals surface area contributed by atoms with Crippen molar-refractivity contribution < 1.29 is 0 Å². The zero-order valence-corrected chi connectivity index (χ0v) is 19.2. The number of nitrogens with zero attached hydrogens (tertiary/aromatic N) is 3. The summed E-state index contributed by atoms with van der Waals surface area (Å²) in [7, 11) is 0. The Labute approximate surface area is 186 Å². The average molecular weight is 493 g/mol. The fourth-order valence-corrected chi connectivity index (χ4v) is 3.43. The molecule has 28 heavy (non-hydrogen) atoms. The van der Waals surface area contributed by atoms with Crippen LogP contribution in [0.5, 0.6) is 0 Å². The van der Waals surface area contributed by atoms with E-state index < -0.39 is 0 Å². The van der Waals surface area contributed by atoms with Crippen LogP contribution in [0.1, 0.15) is 36.6 Å². The van der Waals surface area contributed by atoms with Crippen molar-refractivity contribution in [3.8, 4) is 0 Å². The summed E-state index contributed by atoms with van der Waals surface area (Å²) < 4.78 is 0. The molecule has 5 nitrogen and oxygen atoms in total. The third-order valence-corrected chi connectivity index (χ3v) is 5.03. The highest BCUT2D eigenvalue weighted by Crippen LogP contribution is 2.14. The first-order valence-corrected chi connectivity index (χ1v) is 9.96. The van der Waals surface area contributed by atoms with Crippen LogP contribution in [0, 0.1) is 6.92 Å². The van der Waals surface area contributed by atoms with Crippen LogP contribution < -0.4 is 10.6 Å². The molecule has 1 fully saturated rings. The Morgan fingerprint density at radius 1 is 1.14 bits per heavy atom. The number of hydrogen-bond acceptors (Lipinski definition) is 3. The van der Waals surface area contributed by atoms with Crippen molar-refractivity contribution in [2.24, 2.45) is 4.99 Å². The lowest BCUT2D eigenvalue weighted by atomic mass is 10.0. The monoisotopic (exact) mass is 493 g/mol. The first kappa shape index (κ1) is 22.6. The second kappa shape index (κ2) is 12.0. The largest absolute Gasteiger partial charge is 0.357 e. The van der Waals surface area contributed by atoms with E-state index in [-0.39, 0.29) is 24.0 Å². The van der Waals surface area contributed by atoms with Crippen molar-refractivity contribution in [1.82, 2.24) is 20.5 Å². The third kappa shape index (κ3) is 7.05. The summed E-state index contributed by atoms with van der Waals surface area (Å²) in [5.74, 6) is 0.893. The number of benzene rings is 1. The Morgan fingerprint density at radius 3 is 2.57 bits per heavy atom. The van der Waals surface area contributed by atoms with Crippen LogP contribution in [-0.4, -0.2) is 41.5 Å². The lowest BCUT2D eigenvalue weighted by Crippen LogP contribution is -2.48. The van der Waals surface area contributed by atoms with Gasteiger partial charge in [-0.25, -0.2) is 4.99 Å². The van der Waals surface area contributed by atoms with Gasteiger partial charge in [0.1, 0.15) is 0 Å². The van der Waals surface area contributed by atoms with Crippen LogP contribution in [0.4, 0.5) is 0 Å². The average Bonchev–Trinajstić information content (AvgIpc) is 2.70. The molecule has 0 saturated carbocycles. The minimum absolute atomic E-state index is 0. The number of pyridine rings is 1. The zero-order chi connectivity index (χ0) is 18.9. The minimum atomic E-state index is 0. The van der Waals surface area contributed by atoms with E-state index in [1.807, 2.05) is 12.3 Å². The van der Waals surface area contributed by atoms with Gasteiger partial charge in [0.05, 0.1) is 12.2 Å². The molecule has 2 N–H and O–H groups in total. The Balaban J connectivity index is 0.00000280. The van der Waals surface area contributed by atoms with Gasteiger partial charge in [0.2, 0.25) is 0 Å². The van der Waals surface area contributed by atoms with Crippen molar-refractivity contribution in [2.45, 2.75) is 45.8 Å². The van der Waals surface area contributed by atoms with Crippen LogP contribution >= 0.6 is 24.0 Å². The van der Waals surface area contributed by atoms with E-state index in [4.69, 9.17) is 4.99 Å². The van der Waals surface area contributed by atoms with Crippen molar-refractivity contribution in [3.05, 3.63) is 65.5 Å². The van der Waals surface area contributed by atoms with Gasteiger partial charge in [-0.2, -0.15) is 0 Å². The van der Waals surface area contributed by atoms with Crippen LogP contribution in [0.15, 0.2) is 53.7 Å². The molecule has 0 spiro atoms. The topological polar surface area (TPSA) is 52.6 Å². The SMILES string of the molecule is CCNC(=NCc1ncccc1C)NC1CCN(Cc2ccccc2)CC1.I. The maximum atomic E-state index is 4.74. The lowest BCUT2D eigenvalue weighted by molar-refractivity contribution is 0.198. The molecule has 1 aliphatic rings. The molecular formula is C22H32IN5. The second-order valence-electron chi connectivity index (χ2n) is 7.14. The second-order valence-corrected chi connectivity index (χ2v) is 7.14. The third-order valence-electron chi connectivity index (χ3n) is 5.03. The van der Waals surface area contributed by atoms with Crippen molar-refractivity contribution >= 4 is 29.9 Å². The van der Waals surface area contributed by atoms with Gasteiger partial charge in [0.15, 0.2) is 5.96 Å². The maximum absolute atomic E-state index is 4.74. The van der Waals surface area contributed by atoms with Crippen LogP contribution in [0.25, 0.3) is 0 Å². The highest BCUT2D eigenvalue weighted by Gasteiger charge is 2.20. The summed E-state index contributed by atoms with van der Waals surface area (Å²) in [6.45, 7) is 8.93. The van der Waals surface area contributed by atoms with E-state index in [2.05, 4.69) is 70.8 Å². The molecule has 0 aliphatic carbocycles. The summed E-state index contributed by atoms with van der Waals surface area (Å²) in [5, 5.41) is 6.98. The molecule has 152 valence electrons. The highest BCUT2D eigenvalue weighted by atomic mass is 127. The number of rotatable bonds is 6. The number of likely N-dealkylation sites (tertiary alicyclic amines) is 1. The minimum Gasteiger partial charge on any atom is -0.357 e. The van der Waals surface area contributed by atoms with E-state index in [1.54, 1.807) is 0 Å². The van der Waals surface area contributed by atoms with Crippen molar-refractivity contribution in [3.63, 3.8) is 0 Å². The molecule has 0 bridgehead atoms. The molecule has 1 aliphatic heterocycles. The lowest BCUT2D eigenvalue weighted by Gasteiger charge is -2.33. The number of halogens is 1. The normalized spacial score (nSPS) is 15.7. The van der Waals surface area contributed by atoms with Crippen molar-refractivity contribution in [2.75, 3.05) is 19.6 Å². The van der Waals surface area contributed by atoms with Crippen molar-refractivity contribution in [1.29, 1.82) is 0 Å². The first-order valence-electron chi connectivity index (χ1n) is 9.96. The van der Waals surface area contributed by atoms with E-state index in [0.717, 1.165) is 50.7 Å². The fourth-order valence-electron chi connectivity index (χ4n) is 3.43. The molecule has 1 aromatic heterocycles. The number of aliphatic imine (C=N–C) groups is 1. The summed E-state index contributed by atoms with van der Waals surface area (Å²) in [6.07, 6.45) is 4.11. The number of guanidine groups is 1. The molecule has 0 amide bonds. The standard InChI is InChI=1S/C22H31N5.HI/c1-3-23-22(25-16-21-18(2)8-7-13-24-21)26-20-11-14-27(15-12-20)17-19-9-5-4-6-10-19;/h4-10,13,20H,3,11-12,14-17H2,1-2H3,(H2,23,25,26);1H. The van der Waals surface area contributed by atoms with Gasteiger partial charge in [-0.05, 0) is 43.9 Å². The maximum Gasteiger partial charge on any atom is 0.191 e. The quantitative estimate of drug-likeness (QED) is 0.366. The van der Waals surface area contributed by atoms with E-state index in [1.165, 1.54) is 11.1 Å². The Bertz CT molecular complexity index is 727. The van der Waals surface area contributed by atoms with E-state index in [9.17, 15) is 0 Å². The molecule has 0 atom stereocenters. The predicted molar refractivity (Wildman–Crippen MR) is 127 cm³/mol. The molecule has 0 unspecified atom stereocenters. The van der Waals surface area contributed by atoms with Crippen LogP contribution in [0.3, 0.4) is 0 Å². The van der Waals surface area contributed by atoms with Crippen LogP contribution in [-0.2, 0) is 13.1 Å². The van der Waals surface area contributed by atoms with Gasteiger partial charge in [-0.1, -0.05) is 36.4 Å². The van der Waals surface area contributed by atoms with Gasteiger partial charge < -0.3 is 10.6 Å². The molecule has 2 aromatic rings. The van der Waals surface area contributed by atoms with E-state index >= 15 is 0 Å². The number of nitrogens with one attached hydrogen (secondary N) is 2. The molecule has 3 rings (SSSR count). The summed E-state index contributed by atoms with van der Waals surface area (Å²) in [5.41, 5.74) is 3.61. The Kier molecular flexibility index (Phi) is 9.70. The van der Waals surface area contributed by atoms with Gasteiger partial charge in [-0.3, -0.25) is 9.88 Å². The highest BCUT2D eigenvalue weighted by molar-refractivity contribution is 14.0. The Hall–Kier alpha value is -1.67. The van der Waals surface area contributed by atoms with Gasteiger partial charge in [0, 0.05) is 38.4 Å². The fraction of sp³-hybridized carbons (Fsp3) is 0.455. The number of aryl methyl sites for hydroxylation is 1. The van der Waals surface area contributed by atoms with E-state index in [0.29, 0.717) is 12.6 Å². The smallest absolute Gasteiger partial charge is 0.191 e.